The molecule has 1 saturated carbocycles. The Kier molecular flexibility index (Phi) is 3.29. The molecule has 1 aromatic carbocycles. The van der Waals surface area contributed by atoms with Crippen LogP contribution in [0.4, 0.5) is 0 Å². The van der Waals surface area contributed by atoms with E-state index in [1.807, 2.05) is 30.3 Å². The van der Waals surface area contributed by atoms with Crippen LogP contribution in [0, 0.1) is 0 Å². The van der Waals surface area contributed by atoms with Gasteiger partial charge in [0, 0.05) is 18.4 Å². The maximum Gasteiger partial charge on any atom is 0.272 e. The van der Waals surface area contributed by atoms with E-state index in [4.69, 9.17) is 4.52 Å². The van der Waals surface area contributed by atoms with Crippen molar-refractivity contribution in [2.75, 3.05) is 7.05 Å². The molecular formula is C17H16N4O2. The van der Waals surface area contributed by atoms with E-state index in [1.54, 1.807) is 18.0 Å². The van der Waals surface area contributed by atoms with Crippen LogP contribution >= 0.6 is 0 Å². The summed E-state index contributed by atoms with van der Waals surface area (Å²) >= 11 is 0. The van der Waals surface area contributed by atoms with Gasteiger partial charge in [0.15, 0.2) is 5.82 Å². The number of hydrogen-bond donors (Lipinski definition) is 0. The number of carbonyl (C=O) groups is 1. The van der Waals surface area contributed by atoms with Crippen LogP contribution in [0.25, 0.3) is 10.9 Å². The second-order valence-electron chi connectivity index (χ2n) is 5.87. The van der Waals surface area contributed by atoms with Crippen molar-refractivity contribution >= 4 is 16.8 Å². The molecule has 0 unspecified atom stereocenters. The van der Waals surface area contributed by atoms with Gasteiger partial charge in [-0.15, -0.1) is 0 Å². The lowest BCUT2D eigenvalue weighted by Crippen LogP contribution is -2.27. The highest BCUT2D eigenvalue weighted by Crippen LogP contribution is 2.38. The number of carbonyl (C=O) groups excluding carboxylic acids is 1. The number of fused-ring (bicyclic) bond motifs is 1. The predicted molar refractivity (Wildman–Crippen MR) is 83.8 cm³/mol. The molecule has 1 aliphatic rings. The zero-order chi connectivity index (χ0) is 15.8. The van der Waals surface area contributed by atoms with Crippen LogP contribution in [0.5, 0.6) is 0 Å². The summed E-state index contributed by atoms with van der Waals surface area (Å²) in [5.74, 6) is 1.47. The topological polar surface area (TPSA) is 72.1 Å². The van der Waals surface area contributed by atoms with E-state index in [9.17, 15) is 4.79 Å². The van der Waals surface area contributed by atoms with E-state index in [2.05, 4.69) is 15.1 Å². The summed E-state index contributed by atoms with van der Waals surface area (Å²) in [6.07, 6.45) is 2.22. The maximum absolute atomic E-state index is 12.5. The number of pyridine rings is 1. The van der Waals surface area contributed by atoms with Crippen LogP contribution in [0.3, 0.4) is 0 Å². The fraction of sp³-hybridized carbons (Fsp3) is 0.294. The van der Waals surface area contributed by atoms with Gasteiger partial charge >= 0.3 is 0 Å². The summed E-state index contributed by atoms with van der Waals surface area (Å²) in [4.78, 5) is 22.8. The van der Waals surface area contributed by atoms with E-state index < -0.39 is 0 Å². The fourth-order valence-corrected chi connectivity index (χ4v) is 2.49. The monoisotopic (exact) mass is 308 g/mol. The van der Waals surface area contributed by atoms with Crippen molar-refractivity contribution in [2.45, 2.75) is 25.3 Å². The molecule has 3 aromatic rings. The van der Waals surface area contributed by atoms with E-state index in [0.29, 0.717) is 29.9 Å². The first-order valence-electron chi connectivity index (χ1n) is 7.64. The number of hydrogen-bond acceptors (Lipinski definition) is 5. The predicted octanol–water partition coefficient (Wildman–Crippen LogP) is 2.77. The van der Waals surface area contributed by atoms with Gasteiger partial charge in [0.2, 0.25) is 5.89 Å². The van der Waals surface area contributed by atoms with E-state index in [-0.39, 0.29) is 5.91 Å². The van der Waals surface area contributed by atoms with Gasteiger partial charge < -0.3 is 9.42 Å². The Bertz CT molecular complexity index is 870. The molecule has 0 spiro atoms. The molecule has 0 aliphatic heterocycles. The molecule has 6 heteroatoms. The summed E-state index contributed by atoms with van der Waals surface area (Å²) in [6, 6.07) is 11.4. The number of aromatic nitrogens is 3. The third-order valence-corrected chi connectivity index (χ3v) is 3.95. The molecular weight excluding hydrogens is 292 g/mol. The van der Waals surface area contributed by atoms with Gasteiger partial charge in [-0.1, -0.05) is 29.4 Å². The average Bonchev–Trinajstić information content (AvgIpc) is 3.33. The Labute approximate surface area is 133 Å². The fourth-order valence-electron chi connectivity index (χ4n) is 2.49. The van der Waals surface area contributed by atoms with Crippen molar-refractivity contribution in [3.05, 3.63) is 53.8 Å². The first-order valence-corrected chi connectivity index (χ1v) is 7.64. The maximum atomic E-state index is 12.5. The lowest BCUT2D eigenvalue weighted by atomic mass is 10.2. The molecule has 23 heavy (non-hydrogen) atoms. The summed E-state index contributed by atoms with van der Waals surface area (Å²) in [5.41, 5.74) is 1.22. The van der Waals surface area contributed by atoms with Gasteiger partial charge in [-0.2, -0.15) is 4.98 Å². The van der Waals surface area contributed by atoms with Gasteiger partial charge in [0.1, 0.15) is 5.69 Å². The van der Waals surface area contributed by atoms with Crippen molar-refractivity contribution < 1.29 is 9.32 Å². The third-order valence-electron chi connectivity index (χ3n) is 3.95. The standard InChI is InChI=1S/C17H16N4O2/c1-21(10-15-19-16(23-20-15)12-6-7-12)17(22)14-9-8-11-4-2-3-5-13(11)18-14/h2-5,8-9,12H,6-7,10H2,1H3. The second kappa shape index (κ2) is 5.46. The quantitative estimate of drug-likeness (QED) is 0.741. The van der Waals surface area contributed by atoms with Crippen molar-refractivity contribution in [2.24, 2.45) is 0 Å². The highest BCUT2D eigenvalue weighted by atomic mass is 16.5. The van der Waals surface area contributed by atoms with Gasteiger partial charge in [0.25, 0.3) is 5.91 Å². The number of rotatable bonds is 4. The molecule has 4 rings (SSSR count). The summed E-state index contributed by atoms with van der Waals surface area (Å²) < 4.78 is 5.22. The Morgan fingerprint density at radius 1 is 1.22 bits per heavy atom. The molecule has 0 N–H and O–H groups in total. The molecule has 1 amide bonds. The lowest BCUT2D eigenvalue weighted by Gasteiger charge is -2.14. The Morgan fingerprint density at radius 3 is 2.87 bits per heavy atom. The number of amides is 1. The van der Waals surface area contributed by atoms with Crippen LogP contribution in [0.2, 0.25) is 0 Å². The number of benzene rings is 1. The van der Waals surface area contributed by atoms with Crippen molar-refractivity contribution in [3.63, 3.8) is 0 Å². The van der Waals surface area contributed by atoms with Gasteiger partial charge in [-0.05, 0) is 25.0 Å². The lowest BCUT2D eigenvalue weighted by molar-refractivity contribution is 0.0775. The summed E-state index contributed by atoms with van der Waals surface area (Å²) in [5, 5.41) is 4.96. The van der Waals surface area contributed by atoms with Crippen LogP contribution in [-0.4, -0.2) is 33.0 Å². The highest BCUT2D eigenvalue weighted by Gasteiger charge is 2.30. The molecule has 0 radical (unpaired) electrons. The normalized spacial score (nSPS) is 14.1. The molecule has 0 bridgehead atoms. The average molecular weight is 308 g/mol. The summed E-state index contributed by atoms with van der Waals surface area (Å²) in [6.45, 7) is 0.309. The minimum Gasteiger partial charge on any atom is -0.339 e. The number of para-hydroxylation sites is 1. The Morgan fingerprint density at radius 2 is 2.04 bits per heavy atom. The Balaban J connectivity index is 1.51. The number of nitrogens with zero attached hydrogens (tertiary/aromatic N) is 4. The van der Waals surface area contributed by atoms with Crippen LogP contribution in [0.1, 0.15) is 41.0 Å². The minimum atomic E-state index is -0.159. The largest absolute Gasteiger partial charge is 0.339 e. The van der Waals surface area contributed by atoms with E-state index >= 15 is 0 Å². The van der Waals surface area contributed by atoms with Gasteiger partial charge in [-0.25, -0.2) is 4.98 Å². The van der Waals surface area contributed by atoms with Crippen molar-refractivity contribution in [1.82, 2.24) is 20.0 Å². The van der Waals surface area contributed by atoms with Crippen molar-refractivity contribution in [1.29, 1.82) is 0 Å². The molecule has 1 fully saturated rings. The first kappa shape index (κ1) is 13.9. The van der Waals surface area contributed by atoms with E-state index in [1.165, 1.54) is 0 Å². The van der Waals surface area contributed by atoms with E-state index in [0.717, 1.165) is 23.7 Å². The molecule has 0 atom stereocenters. The van der Waals surface area contributed by atoms with Crippen LogP contribution < -0.4 is 0 Å². The van der Waals surface area contributed by atoms with Crippen LogP contribution in [-0.2, 0) is 6.54 Å². The van der Waals surface area contributed by atoms with Gasteiger partial charge in [0.05, 0.1) is 12.1 Å². The molecule has 6 nitrogen and oxygen atoms in total. The van der Waals surface area contributed by atoms with Crippen LogP contribution in [0.15, 0.2) is 40.9 Å². The highest BCUT2D eigenvalue weighted by molar-refractivity contribution is 5.94. The molecule has 2 aromatic heterocycles. The smallest absolute Gasteiger partial charge is 0.272 e. The zero-order valence-electron chi connectivity index (χ0n) is 12.8. The second-order valence-corrected chi connectivity index (χ2v) is 5.87. The molecule has 1 aliphatic carbocycles. The molecule has 2 heterocycles. The SMILES string of the molecule is CN(Cc1noc(C2CC2)n1)C(=O)c1ccc2ccccc2n1. The Hall–Kier alpha value is -2.76. The third kappa shape index (κ3) is 2.79. The summed E-state index contributed by atoms with van der Waals surface area (Å²) in [7, 11) is 1.71. The minimum absolute atomic E-state index is 0.159. The first-order chi connectivity index (χ1) is 11.2. The molecule has 0 saturated heterocycles. The van der Waals surface area contributed by atoms with Crippen molar-refractivity contribution in [3.8, 4) is 0 Å². The molecule has 116 valence electrons. The zero-order valence-corrected chi connectivity index (χ0v) is 12.8. The van der Waals surface area contributed by atoms with Gasteiger partial charge in [-0.3, -0.25) is 4.79 Å².